The molecule has 22 heavy (non-hydrogen) atoms. The van der Waals surface area contributed by atoms with Gasteiger partial charge in [0.2, 0.25) is 0 Å². The highest BCUT2D eigenvalue weighted by Gasteiger charge is 2.34. The van der Waals surface area contributed by atoms with Crippen molar-refractivity contribution in [2.24, 2.45) is 5.14 Å². The van der Waals surface area contributed by atoms with Crippen molar-refractivity contribution in [2.75, 3.05) is 13.1 Å². The van der Waals surface area contributed by atoms with Gasteiger partial charge in [-0.05, 0) is 18.6 Å². The van der Waals surface area contributed by atoms with E-state index in [1.54, 1.807) is 4.90 Å². The lowest BCUT2D eigenvalue weighted by Gasteiger charge is -2.38. The number of thiophene rings is 1. The van der Waals surface area contributed by atoms with E-state index in [-0.39, 0.29) is 11.9 Å². The molecule has 0 saturated carbocycles. The predicted molar refractivity (Wildman–Crippen MR) is 87.5 cm³/mol. The van der Waals surface area contributed by atoms with Crippen molar-refractivity contribution in [3.63, 3.8) is 0 Å². The molecule has 0 radical (unpaired) electrons. The van der Waals surface area contributed by atoms with Gasteiger partial charge in [0.25, 0.3) is 16.1 Å². The van der Waals surface area contributed by atoms with E-state index in [1.807, 2.05) is 25.1 Å². The molecule has 0 spiro atoms. The number of hydrogen-bond acceptors (Lipinski definition) is 4. The first-order valence-corrected chi connectivity index (χ1v) is 9.27. The van der Waals surface area contributed by atoms with E-state index in [4.69, 9.17) is 16.7 Å². The first-order chi connectivity index (χ1) is 10.3. The van der Waals surface area contributed by atoms with Crippen molar-refractivity contribution in [1.82, 2.24) is 9.62 Å². The molecule has 1 aromatic heterocycles. The van der Waals surface area contributed by atoms with Crippen LogP contribution < -0.4 is 9.86 Å². The van der Waals surface area contributed by atoms with Gasteiger partial charge in [-0.15, -0.1) is 11.3 Å². The van der Waals surface area contributed by atoms with Gasteiger partial charge in [-0.1, -0.05) is 23.7 Å². The van der Waals surface area contributed by atoms with Crippen LogP contribution in [0.2, 0.25) is 5.02 Å². The summed E-state index contributed by atoms with van der Waals surface area (Å²) in [6, 6.07) is 5.46. The van der Waals surface area contributed by atoms with Gasteiger partial charge in [0.1, 0.15) is 4.88 Å². The minimum Gasteiger partial charge on any atom is -0.335 e. The number of hydrogen-bond donors (Lipinski definition) is 2. The molecular weight excluding hydrogens is 346 g/mol. The van der Waals surface area contributed by atoms with Gasteiger partial charge < -0.3 is 4.90 Å². The quantitative estimate of drug-likeness (QED) is 0.869. The summed E-state index contributed by atoms with van der Waals surface area (Å²) in [5.74, 6) is -0.182. The Morgan fingerprint density at radius 2 is 2.14 bits per heavy atom. The molecule has 1 fully saturated rings. The number of nitrogens with two attached hydrogens (primary N) is 1. The van der Waals surface area contributed by atoms with E-state index in [2.05, 4.69) is 4.72 Å². The molecule has 3 rings (SSSR count). The third-order valence-electron chi connectivity index (χ3n) is 3.56. The Kier molecular flexibility index (Phi) is 3.90. The third kappa shape index (κ3) is 2.84. The number of nitrogens with zero attached hydrogens (tertiary/aromatic N) is 1. The highest BCUT2D eigenvalue weighted by atomic mass is 35.5. The van der Waals surface area contributed by atoms with Crippen molar-refractivity contribution >= 4 is 49.1 Å². The van der Waals surface area contributed by atoms with E-state index < -0.39 is 10.2 Å². The second kappa shape index (κ2) is 5.47. The second-order valence-electron chi connectivity index (χ2n) is 5.26. The molecule has 1 aliphatic heterocycles. The molecule has 6 nitrogen and oxygen atoms in total. The largest absolute Gasteiger partial charge is 0.335 e. The molecule has 0 atom stereocenters. The number of benzene rings is 1. The highest BCUT2D eigenvalue weighted by molar-refractivity contribution is 7.87. The number of fused-ring (bicyclic) bond motifs is 1. The van der Waals surface area contributed by atoms with Crippen LogP contribution in [-0.2, 0) is 10.2 Å². The van der Waals surface area contributed by atoms with Gasteiger partial charge in [0, 0.05) is 23.2 Å². The van der Waals surface area contributed by atoms with E-state index in [9.17, 15) is 13.2 Å². The maximum atomic E-state index is 12.5. The monoisotopic (exact) mass is 359 g/mol. The van der Waals surface area contributed by atoms with Gasteiger partial charge in [-0.2, -0.15) is 13.1 Å². The Morgan fingerprint density at radius 3 is 2.73 bits per heavy atom. The number of carbonyl (C=O) groups is 1. The zero-order valence-electron chi connectivity index (χ0n) is 11.7. The molecule has 3 N–H and O–H groups in total. The van der Waals surface area contributed by atoms with E-state index >= 15 is 0 Å². The van der Waals surface area contributed by atoms with Crippen LogP contribution in [0.3, 0.4) is 0 Å². The zero-order valence-corrected chi connectivity index (χ0v) is 14.1. The number of nitrogens with one attached hydrogen (secondary N) is 1. The van der Waals surface area contributed by atoms with Crippen molar-refractivity contribution in [3.8, 4) is 0 Å². The molecule has 9 heteroatoms. The van der Waals surface area contributed by atoms with Crippen LogP contribution in [0.4, 0.5) is 0 Å². The molecule has 0 aliphatic carbocycles. The Hall–Kier alpha value is -1.19. The van der Waals surface area contributed by atoms with E-state index in [1.165, 1.54) is 11.3 Å². The summed E-state index contributed by atoms with van der Waals surface area (Å²) in [4.78, 5) is 14.5. The Labute approximate surface area is 137 Å². The van der Waals surface area contributed by atoms with Gasteiger partial charge >= 0.3 is 0 Å². The number of likely N-dealkylation sites (tertiary alicyclic amines) is 1. The van der Waals surface area contributed by atoms with Gasteiger partial charge in [-0.25, -0.2) is 5.14 Å². The molecule has 1 aliphatic rings. The van der Waals surface area contributed by atoms with Crippen molar-refractivity contribution in [3.05, 3.63) is 33.7 Å². The lowest BCUT2D eigenvalue weighted by molar-refractivity contribution is 0.0597. The van der Waals surface area contributed by atoms with Crippen LogP contribution in [0.1, 0.15) is 15.2 Å². The zero-order chi connectivity index (χ0) is 16.1. The van der Waals surface area contributed by atoms with Crippen LogP contribution >= 0.6 is 22.9 Å². The fraction of sp³-hybridized carbons (Fsp3) is 0.308. The minimum absolute atomic E-state index is 0.182. The summed E-state index contributed by atoms with van der Waals surface area (Å²) in [6.07, 6.45) is 0. The van der Waals surface area contributed by atoms with Gasteiger partial charge in [-0.3, -0.25) is 4.79 Å². The second-order valence-corrected chi connectivity index (χ2v) is 8.02. The molecule has 2 aromatic rings. The highest BCUT2D eigenvalue weighted by Crippen LogP contribution is 2.38. The smallest absolute Gasteiger partial charge is 0.274 e. The maximum absolute atomic E-state index is 12.5. The lowest BCUT2D eigenvalue weighted by Crippen LogP contribution is -2.61. The third-order valence-corrected chi connectivity index (χ3v) is 5.85. The lowest BCUT2D eigenvalue weighted by atomic mass is 10.1. The van der Waals surface area contributed by atoms with Crippen LogP contribution in [-0.4, -0.2) is 38.4 Å². The molecule has 1 aromatic carbocycles. The molecule has 1 saturated heterocycles. The van der Waals surface area contributed by atoms with Crippen LogP contribution in [0.25, 0.3) is 10.1 Å². The number of amides is 1. The standard InChI is InChI=1S/C13H14ClN3O3S2/c1-7-3-2-4-9-10(7)11(14)12(21-9)13(18)17-5-8(6-17)16-22(15,19)20/h2-4,8,16H,5-6H2,1H3,(H2,15,19,20). The number of halogens is 1. The first kappa shape index (κ1) is 15.7. The Bertz CT molecular complexity index is 857. The Balaban J connectivity index is 1.80. The number of carbonyl (C=O) groups excluding carboxylic acids is 1. The SMILES string of the molecule is Cc1cccc2sc(C(=O)N3CC(NS(N)(=O)=O)C3)c(Cl)c12. The Morgan fingerprint density at radius 1 is 1.45 bits per heavy atom. The molecule has 2 heterocycles. The topological polar surface area (TPSA) is 92.5 Å². The predicted octanol–water partition coefficient (Wildman–Crippen LogP) is 1.48. The average molecular weight is 360 g/mol. The summed E-state index contributed by atoms with van der Waals surface area (Å²) >= 11 is 7.71. The summed E-state index contributed by atoms with van der Waals surface area (Å²) in [5.41, 5.74) is 1.02. The van der Waals surface area contributed by atoms with Crippen LogP contribution in [0, 0.1) is 6.92 Å². The van der Waals surface area contributed by atoms with Crippen molar-refractivity contribution < 1.29 is 13.2 Å². The van der Waals surface area contributed by atoms with Crippen molar-refractivity contribution in [2.45, 2.75) is 13.0 Å². The number of aryl methyl sites for hydroxylation is 1. The van der Waals surface area contributed by atoms with E-state index in [0.717, 1.165) is 15.6 Å². The normalized spacial score (nSPS) is 16.0. The van der Waals surface area contributed by atoms with Crippen LogP contribution in [0.5, 0.6) is 0 Å². The fourth-order valence-electron chi connectivity index (χ4n) is 2.51. The average Bonchev–Trinajstić information content (AvgIpc) is 2.70. The summed E-state index contributed by atoms with van der Waals surface area (Å²) < 4.78 is 25.1. The molecule has 0 unspecified atom stereocenters. The fourth-order valence-corrected chi connectivity index (χ4v) is 4.76. The summed E-state index contributed by atoms with van der Waals surface area (Å²) in [7, 11) is -3.74. The van der Waals surface area contributed by atoms with E-state index in [0.29, 0.717) is 23.0 Å². The van der Waals surface area contributed by atoms with Gasteiger partial charge in [0.05, 0.1) is 11.1 Å². The molecule has 1 amide bonds. The maximum Gasteiger partial charge on any atom is 0.274 e. The van der Waals surface area contributed by atoms with Crippen LogP contribution in [0.15, 0.2) is 18.2 Å². The summed E-state index contributed by atoms with van der Waals surface area (Å²) in [6.45, 7) is 2.53. The van der Waals surface area contributed by atoms with Crippen molar-refractivity contribution in [1.29, 1.82) is 0 Å². The molecular formula is C13H14ClN3O3S2. The first-order valence-electron chi connectivity index (χ1n) is 6.53. The molecule has 118 valence electrons. The van der Waals surface area contributed by atoms with Gasteiger partial charge in [0.15, 0.2) is 0 Å². The number of rotatable bonds is 3. The summed E-state index contributed by atoms with van der Waals surface area (Å²) in [5, 5.41) is 6.27. The minimum atomic E-state index is -3.74. The molecule has 0 bridgehead atoms.